The van der Waals surface area contributed by atoms with Crippen molar-refractivity contribution in [2.24, 2.45) is 0 Å². The van der Waals surface area contributed by atoms with E-state index in [1.54, 1.807) is 0 Å². The second-order valence-electron chi connectivity index (χ2n) is 0.322. The first-order chi connectivity index (χ1) is 1.91. The van der Waals surface area contributed by atoms with Crippen molar-refractivity contribution in [2.45, 2.75) is 0 Å². The molecule has 0 spiro atoms. The maximum absolute atomic E-state index is 4.61. The van der Waals surface area contributed by atoms with Crippen LogP contribution in [0.25, 0.3) is 0 Å². The van der Waals surface area contributed by atoms with Crippen LogP contribution >= 0.6 is 9.29 Å². The number of rotatable bonds is 1. The quantitative estimate of drug-likeness (QED) is 0.538. The van der Waals surface area contributed by atoms with Crippen molar-refractivity contribution in [1.82, 2.24) is 0 Å². The van der Waals surface area contributed by atoms with Crippen LogP contribution in [0.1, 0.15) is 0 Å². The summed E-state index contributed by atoms with van der Waals surface area (Å²) in [6.45, 7) is 3.45. The molecule has 0 bridgehead atoms. The van der Waals surface area contributed by atoms with E-state index in [4.69, 9.17) is 0 Å². The van der Waals surface area contributed by atoms with Gasteiger partial charge in [-0.2, -0.15) is 0 Å². The molecule has 0 saturated heterocycles. The summed E-state index contributed by atoms with van der Waals surface area (Å²) in [5, 5.41) is 0. The summed E-state index contributed by atoms with van der Waals surface area (Å²) in [5.41, 5.74) is 0. The van der Waals surface area contributed by atoms with Crippen molar-refractivity contribution < 1.29 is 0 Å². The topological polar surface area (TPSA) is 0 Å². The van der Waals surface area contributed by atoms with Crippen LogP contribution in [0.15, 0.2) is 10.7 Å². The average Bonchev–Trinajstić information content (AvgIpc) is 1.37. The van der Waals surface area contributed by atoms with Crippen molar-refractivity contribution in [3.05, 3.63) is 10.7 Å². The van der Waals surface area contributed by atoms with E-state index in [9.17, 15) is 0 Å². The molecule has 0 fully saturated rings. The van der Waals surface area contributed by atoms with Gasteiger partial charge in [-0.25, -0.2) is 0 Å². The predicted molar refractivity (Wildman–Crippen MR) is 23.5 cm³/mol. The molecule has 1 radical (unpaired) electrons. The van der Waals surface area contributed by atoms with Gasteiger partial charge in [0.05, 0.1) is 0 Å². The fraction of sp³-hybridized carbons (Fsp3) is 0. The Morgan fingerprint density at radius 3 is 2.25 bits per heavy atom. The molecule has 0 aromatic carbocycles. The van der Waals surface area contributed by atoms with Gasteiger partial charge in [-0.3, -0.25) is 0 Å². The Bertz CT molecular complexity index is 27.0. The normalized spacial score (nSPS) is 5.00. The maximum atomic E-state index is 4.61. The first-order valence-electron chi connectivity index (χ1n) is 0.901. The zero-order valence-corrected chi connectivity index (χ0v) is 5.86. The molecular formula is C2H3SSn. The fourth-order valence-electron chi connectivity index (χ4n) is 0. The van der Waals surface area contributed by atoms with Crippen molar-refractivity contribution in [3.63, 3.8) is 0 Å². The van der Waals surface area contributed by atoms with Gasteiger partial charge in [0.25, 0.3) is 0 Å². The van der Waals surface area contributed by atoms with Crippen molar-refractivity contribution in [3.8, 4) is 0 Å². The fourth-order valence-corrected chi connectivity index (χ4v) is 0. The van der Waals surface area contributed by atoms with E-state index in [0.29, 0.717) is 0 Å². The second kappa shape index (κ2) is 3.76. The van der Waals surface area contributed by atoms with E-state index in [0.717, 1.165) is 0 Å². The van der Waals surface area contributed by atoms with Crippen LogP contribution in [0, 0.1) is 0 Å². The molecule has 0 amide bonds. The summed E-state index contributed by atoms with van der Waals surface area (Å²) >= 11 is -0.429. The number of hydrogen-bond acceptors (Lipinski definition) is 1. The summed E-state index contributed by atoms with van der Waals surface area (Å²) in [6.07, 6.45) is 0. The van der Waals surface area contributed by atoms with Gasteiger partial charge in [-0.05, 0) is 0 Å². The van der Waals surface area contributed by atoms with Gasteiger partial charge < -0.3 is 0 Å². The van der Waals surface area contributed by atoms with Crippen LogP contribution in [-0.4, -0.2) is 19.2 Å². The van der Waals surface area contributed by atoms with Gasteiger partial charge in [0.2, 0.25) is 0 Å². The molecule has 0 aliphatic rings. The van der Waals surface area contributed by atoms with Crippen LogP contribution in [0.3, 0.4) is 0 Å². The van der Waals surface area contributed by atoms with Gasteiger partial charge >= 0.3 is 39.2 Å². The zero-order chi connectivity index (χ0) is 3.41. The predicted octanol–water partition coefficient (Wildman–Crippen LogP) is 0.947. The third-order valence-electron chi connectivity index (χ3n) is 0.0833. The first kappa shape index (κ1) is 4.76. The van der Waals surface area contributed by atoms with Gasteiger partial charge in [-0.1, -0.05) is 0 Å². The van der Waals surface area contributed by atoms with Gasteiger partial charge in [0.1, 0.15) is 0 Å². The molecule has 21 valence electrons. The van der Waals surface area contributed by atoms with E-state index >= 15 is 0 Å². The Morgan fingerprint density at radius 1 is 2.00 bits per heavy atom. The van der Waals surface area contributed by atoms with Crippen molar-refractivity contribution in [1.29, 1.82) is 0 Å². The molecule has 2 heteroatoms. The van der Waals surface area contributed by atoms with E-state index in [1.807, 2.05) is 4.09 Å². The summed E-state index contributed by atoms with van der Waals surface area (Å²) in [4.78, 5) is 0. The third-order valence-corrected chi connectivity index (χ3v) is 1.68. The van der Waals surface area contributed by atoms with Crippen LogP contribution in [0.5, 0.6) is 0 Å². The molecule has 0 rings (SSSR count). The van der Waals surface area contributed by atoms with E-state index in [1.165, 1.54) is 0 Å². The van der Waals surface area contributed by atoms with Gasteiger partial charge in [0, 0.05) is 0 Å². The summed E-state index contributed by atoms with van der Waals surface area (Å²) in [5.74, 6) is 0. The van der Waals surface area contributed by atoms with Crippen LogP contribution in [-0.2, 0) is 0 Å². The minimum absolute atomic E-state index is 0.429. The molecule has 0 aliphatic carbocycles. The molecule has 0 nitrogen and oxygen atoms in total. The van der Waals surface area contributed by atoms with E-state index in [-0.39, 0.29) is 0 Å². The minimum atomic E-state index is -0.429. The molecule has 0 aromatic heterocycles. The van der Waals surface area contributed by atoms with E-state index in [2.05, 4.69) is 15.9 Å². The molecule has 4 heavy (non-hydrogen) atoms. The molecule has 0 aliphatic heterocycles. The molecular weight excluding hydrogens is 175 g/mol. The molecule has 0 saturated carbocycles. The van der Waals surface area contributed by atoms with Crippen LogP contribution < -0.4 is 0 Å². The Kier molecular flexibility index (Phi) is 4.47. The zero-order valence-electron chi connectivity index (χ0n) is 2.19. The Morgan fingerprint density at radius 2 is 2.25 bits per heavy atom. The van der Waals surface area contributed by atoms with Crippen molar-refractivity contribution >= 4 is 28.5 Å². The average molecular weight is 178 g/mol. The van der Waals surface area contributed by atoms with Crippen LogP contribution in [0.2, 0.25) is 0 Å². The Hall–Kier alpha value is 0.759. The third kappa shape index (κ3) is 2.76. The molecule has 0 atom stereocenters. The SMILES string of the molecule is C=[CH][Sn]=[S]. The Labute approximate surface area is 39.3 Å². The second-order valence-corrected chi connectivity index (χ2v) is 3.74. The molecule has 0 unspecified atom stereocenters. The first-order valence-corrected chi connectivity index (χ1v) is 6.45. The summed E-state index contributed by atoms with van der Waals surface area (Å²) in [7, 11) is 4.61. The number of hydrogen-bond donors (Lipinski definition) is 0. The summed E-state index contributed by atoms with van der Waals surface area (Å²) < 4.78 is 1.86. The molecule has 0 aromatic rings. The van der Waals surface area contributed by atoms with E-state index < -0.39 is 19.2 Å². The summed E-state index contributed by atoms with van der Waals surface area (Å²) in [6, 6.07) is 0. The molecule has 0 N–H and O–H groups in total. The van der Waals surface area contributed by atoms with Crippen molar-refractivity contribution in [2.75, 3.05) is 0 Å². The monoisotopic (exact) mass is 179 g/mol. The van der Waals surface area contributed by atoms with Crippen LogP contribution in [0.4, 0.5) is 0 Å². The van der Waals surface area contributed by atoms with Gasteiger partial charge in [-0.15, -0.1) is 0 Å². The van der Waals surface area contributed by atoms with Gasteiger partial charge in [0.15, 0.2) is 0 Å². The molecule has 0 heterocycles. The Balaban J connectivity index is 2.73. The standard InChI is InChI=1S/C2H3.S.Sn/c1-2;;/h1H,2H2;;.